The lowest BCUT2D eigenvalue weighted by Gasteiger charge is -2.26. The lowest BCUT2D eigenvalue weighted by molar-refractivity contribution is -0.124. The van der Waals surface area contributed by atoms with Crippen molar-refractivity contribution in [3.63, 3.8) is 0 Å². The topological polar surface area (TPSA) is 69.8 Å². The molecule has 104 valence electrons. The number of carbonyl (C=O) groups is 1. The van der Waals surface area contributed by atoms with Crippen LogP contribution in [0.15, 0.2) is 36.7 Å². The smallest absolute Gasteiger partial charge is 0.238 e. The summed E-state index contributed by atoms with van der Waals surface area (Å²) >= 11 is 0. The van der Waals surface area contributed by atoms with Crippen molar-refractivity contribution < 1.29 is 4.79 Å². The monoisotopic (exact) mass is 270 g/mol. The van der Waals surface area contributed by atoms with Crippen LogP contribution in [0.2, 0.25) is 0 Å². The maximum atomic E-state index is 12.3. The number of benzene rings is 1. The first-order valence-electron chi connectivity index (χ1n) is 6.84. The molecule has 1 aliphatic rings. The van der Waals surface area contributed by atoms with Crippen LogP contribution in [0, 0.1) is 0 Å². The minimum Gasteiger partial charge on any atom is -0.347 e. The number of nitrogens with one attached hydrogen (secondary N) is 3. The quantitative estimate of drug-likeness (QED) is 0.787. The number of aromatic amines is 1. The molecule has 0 aliphatic carbocycles. The van der Waals surface area contributed by atoms with Crippen LogP contribution < -0.4 is 10.6 Å². The van der Waals surface area contributed by atoms with Gasteiger partial charge >= 0.3 is 0 Å². The fourth-order valence-electron chi connectivity index (χ4n) is 2.54. The van der Waals surface area contributed by atoms with E-state index in [1.54, 1.807) is 12.4 Å². The van der Waals surface area contributed by atoms with E-state index in [1.807, 2.05) is 19.1 Å². The fraction of sp³-hybridized carbons (Fsp3) is 0.333. The van der Waals surface area contributed by atoms with Gasteiger partial charge in [0.1, 0.15) is 5.82 Å². The number of rotatable bonds is 3. The van der Waals surface area contributed by atoms with Gasteiger partial charge in [-0.25, -0.2) is 4.98 Å². The molecule has 5 nitrogen and oxygen atoms in total. The van der Waals surface area contributed by atoms with Crippen LogP contribution in [0.4, 0.5) is 0 Å². The van der Waals surface area contributed by atoms with Crippen LogP contribution in [0.3, 0.4) is 0 Å². The average molecular weight is 270 g/mol. The molecule has 3 N–H and O–H groups in total. The predicted octanol–water partition coefficient (Wildman–Crippen LogP) is 1.30. The lowest BCUT2D eigenvalue weighted by atomic mass is 9.95. The Labute approximate surface area is 117 Å². The van der Waals surface area contributed by atoms with E-state index in [0.29, 0.717) is 0 Å². The van der Waals surface area contributed by atoms with Crippen molar-refractivity contribution in [3.8, 4) is 0 Å². The Kier molecular flexibility index (Phi) is 3.52. The summed E-state index contributed by atoms with van der Waals surface area (Å²) in [5.41, 5.74) is 2.52. The van der Waals surface area contributed by atoms with Gasteiger partial charge in [-0.2, -0.15) is 0 Å². The van der Waals surface area contributed by atoms with Gasteiger partial charge in [-0.15, -0.1) is 0 Å². The number of carbonyl (C=O) groups excluding carboxylic acids is 1. The van der Waals surface area contributed by atoms with Crippen LogP contribution in [-0.2, 0) is 17.8 Å². The van der Waals surface area contributed by atoms with Gasteiger partial charge in [-0.05, 0) is 24.5 Å². The fourth-order valence-corrected chi connectivity index (χ4v) is 2.54. The van der Waals surface area contributed by atoms with E-state index in [2.05, 4.69) is 32.7 Å². The molecule has 0 fully saturated rings. The molecule has 0 spiro atoms. The minimum absolute atomic E-state index is 0.0170. The van der Waals surface area contributed by atoms with Gasteiger partial charge in [-0.1, -0.05) is 24.3 Å². The van der Waals surface area contributed by atoms with E-state index in [0.717, 1.165) is 18.8 Å². The highest BCUT2D eigenvalue weighted by atomic mass is 16.2. The second-order valence-electron chi connectivity index (χ2n) is 5.11. The second-order valence-corrected chi connectivity index (χ2v) is 5.11. The van der Waals surface area contributed by atoms with Crippen molar-refractivity contribution in [3.05, 3.63) is 53.6 Å². The average Bonchev–Trinajstić information content (AvgIpc) is 3.01. The van der Waals surface area contributed by atoms with Crippen molar-refractivity contribution in [2.75, 3.05) is 0 Å². The Morgan fingerprint density at radius 2 is 2.20 bits per heavy atom. The van der Waals surface area contributed by atoms with Gasteiger partial charge in [0.25, 0.3) is 0 Å². The van der Waals surface area contributed by atoms with Gasteiger partial charge in [0, 0.05) is 18.9 Å². The van der Waals surface area contributed by atoms with Crippen molar-refractivity contribution in [1.29, 1.82) is 0 Å². The zero-order valence-electron chi connectivity index (χ0n) is 11.4. The first kappa shape index (κ1) is 12.9. The SMILES string of the molecule is CC(NC(=O)[C@@H]1Cc2ccccc2CN1)c1ncc[nH]1. The summed E-state index contributed by atoms with van der Waals surface area (Å²) in [4.78, 5) is 19.5. The molecule has 1 aromatic carbocycles. The molecule has 1 unspecified atom stereocenters. The maximum Gasteiger partial charge on any atom is 0.238 e. The summed E-state index contributed by atoms with van der Waals surface area (Å²) in [5, 5.41) is 6.27. The second kappa shape index (κ2) is 5.46. The number of H-pyrrole nitrogens is 1. The van der Waals surface area contributed by atoms with Crippen LogP contribution in [0.25, 0.3) is 0 Å². The molecule has 20 heavy (non-hydrogen) atoms. The van der Waals surface area contributed by atoms with Crippen LogP contribution in [-0.4, -0.2) is 21.9 Å². The highest BCUT2D eigenvalue weighted by Gasteiger charge is 2.25. The van der Waals surface area contributed by atoms with E-state index in [4.69, 9.17) is 0 Å². The molecular formula is C15H18N4O. The third-order valence-electron chi connectivity index (χ3n) is 3.69. The molecule has 1 aromatic heterocycles. The van der Waals surface area contributed by atoms with Gasteiger partial charge in [0.15, 0.2) is 0 Å². The highest BCUT2D eigenvalue weighted by Crippen LogP contribution is 2.17. The molecule has 5 heteroatoms. The van der Waals surface area contributed by atoms with Gasteiger partial charge < -0.3 is 15.6 Å². The van der Waals surface area contributed by atoms with Gasteiger partial charge in [0.05, 0.1) is 12.1 Å². The molecule has 0 bridgehead atoms. The van der Waals surface area contributed by atoms with Crippen molar-refractivity contribution in [1.82, 2.24) is 20.6 Å². The zero-order chi connectivity index (χ0) is 13.9. The molecule has 1 amide bonds. The molecule has 2 aromatic rings. The number of fused-ring (bicyclic) bond motifs is 1. The largest absolute Gasteiger partial charge is 0.347 e. The van der Waals surface area contributed by atoms with Crippen LogP contribution in [0.5, 0.6) is 0 Å². The number of hydrogen-bond donors (Lipinski definition) is 3. The number of imidazole rings is 1. The van der Waals surface area contributed by atoms with Gasteiger partial charge in [0.2, 0.25) is 5.91 Å². The third kappa shape index (κ3) is 2.58. The van der Waals surface area contributed by atoms with Gasteiger partial charge in [-0.3, -0.25) is 4.79 Å². The summed E-state index contributed by atoms with van der Waals surface area (Å²) in [6, 6.07) is 7.94. The van der Waals surface area contributed by atoms with E-state index in [1.165, 1.54) is 11.1 Å². The van der Waals surface area contributed by atoms with Crippen LogP contribution >= 0.6 is 0 Å². The highest BCUT2D eigenvalue weighted by molar-refractivity contribution is 5.82. The van der Waals surface area contributed by atoms with E-state index >= 15 is 0 Å². The predicted molar refractivity (Wildman–Crippen MR) is 75.9 cm³/mol. The number of nitrogens with zero attached hydrogens (tertiary/aromatic N) is 1. The molecule has 1 aliphatic heterocycles. The summed E-state index contributed by atoms with van der Waals surface area (Å²) in [6.45, 7) is 2.66. The first-order valence-corrected chi connectivity index (χ1v) is 6.84. The Hall–Kier alpha value is -2.14. The van der Waals surface area contributed by atoms with E-state index in [9.17, 15) is 4.79 Å². The summed E-state index contributed by atoms with van der Waals surface area (Å²) < 4.78 is 0. The van der Waals surface area contributed by atoms with E-state index < -0.39 is 0 Å². The molecule has 0 saturated heterocycles. The third-order valence-corrected chi connectivity index (χ3v) is 3.69. The molecule has 0 saturated carbocycles. The Balaban J connectivity index is 1.64. The number of aromatic nitrogens is 2. The normalized spacial score (nSPS) is 19.1. The zero-order valence-corrected chi connectivity index (χ0v) is 11.4. The Morgan fingerprint density at radius 3 is 2.95 bits per heavy atom. The van der Waals surface area contributed by atoms with Crippen molar-refractivity contribution >= 4 is 5.91 Å². The standard InChI is InChI=1S/C15H18N4O/c1-10(14-16-6-7-17-14)19-15(20)13-8-11-4-2-3-5-12(11)9-18-13/h2-7,10,13,18H,8-9H2,1H3,(H,16,17)(H,19,20)/t10?,13-/m0/s1. The number of amides is 1. The maximum absolute atomic E-state index is 12.3. The minimum atomic E-state index is -0.178. The molecule has 2 heterocycles. The Bertz CT molecular complexity index is 594. The first-order chi connectivity index (χ1) is 9.74. The summed E-state index contributed by atoms with van der Waals surface area (Å²) in [5.74, 6) is 0.790. The van der Waals surface area contributed by atoms with Crippen LogP contribution in [0.1, 0.15) is 29.9 Å². The Morgan fingerprint density at radius 1 is 1.40 bits per heavy atom. The van der Waals surface area contributed by atoms with Crippen molar-refractivity contribution in [2.45, 2.75) is 32.0 Å². The number of hydrogen-bond acceptors (Lipinski definition) is 3. The van der Waals surface area contributed by atoms with E-state index in [-0.39, 0.29) is 18.0 Å². The molecule has 3 rings (SSSR count). The van der Waals surface area contributed by atoms with Crippen molar-refractivity contribution in [2.24, 2.45) is 0 Å². The molecule has 2 atom stereocenters. The molecule has 0 radical (unpaired) electrons. The lowest BCUT2D eigenvalue weighted by Crippen LogP contribution is -2.48. The summed E-state index contributed by atoms with van der Waals surface area (Å²) in [6.07, 6.45) is 4.17. The molecular weight excluding hydrogens is 252 g/mol. The summed E-state index contributed by atoms with van der Waals surface area (Å²) in [7, 11) is 0.